The molecule has 9 N–H and O–H groups in total. The highest BCUT2D eigenvalue weighted by Gasteiger charge is 2.21. The number of anilines is 3. The van der Waals surface area contributed by atoms with Crippen molar-refractivity contribution in [3.05, 3.63) is 219 Å². The van der Waals surface area contributed by atoms with E-state index in [2.05, 4.69) is 45.9 Å². The van der Waals surface area contributed by atoms with Crippen LogP contribution < -0.4 is 47.4 Å². The van der Waals surface area contributed by atoms with Gasteiger partial charge in [0.25, 0.3) is 0 Å². The molecular formula is C75H81N21O6. The topological polar surface area (TPSA) is 334 Å². The summed E-state index contributed by atoms with van der Waals surface area (Å²) in [5.74, 6) is 5.13. The van der Waals surface area contributed by atoms with Crippen molar-refractivity contribution in [3.8, 4) is 68.3 Å². The minimum atomic E-state index is -0.162. The van der Waals surface area contributed by atoms with Crippen LogP contribution in [-0.2, 0) is 34.0 Å². The van der Waals surface area contributed by atoms with E-state index < -0.39 is 0 Å². The number of carbonyl (C=O) groups is 3. The van der Waals surface area contributed by atoms with E-state index in [0.29, 0.717) is 138 Å². The molecule has 102 heavy (non-hydrogen) atoms. The summed E-state index contributed by atoms with van der Waals surface area (Å²) in [5.41, 5.74) is 25.1. The predicted octanol–water partition coefficient (Wildman–Crippen LogP) is 9.31. The Labute approximate surface area is 590 Å². The molecule has 6 aromatic carbocycles. The van der Waals surface area contributed by atoms with Gasteiger partial charge in [-0.2, -0.15) is 15.3 Å². The third kappa shape index (κ3) is 19.8. The molecule has 0 fully saturated rings. The van der Waals surface area contributed by atoms with Gasteiger partial charge in [0.15, 0.2) is 16.9 Å². The second-order valence-corrected chi connectivity index (χ2v) is 23.5. The molecule has 27 heteroatoms. The van der Waals surface area contributed by atoms with Crippen molar-refractivity contribution in [1.82, 2.24) is 89.9 Å². The molecule has 6 heterocycles. The number of fused-ring (bicyclic) bond motifs is 3. The van der Waals surface area contributed by atoms with Gasteiger partial charge in [-0.05, 0) is 144 Å². The quantitative estimate of drug-likeness (QED) is 0.0261. The van der Waals surface area contributed by atoms with E-state index in [-0.39, 0.29) is 17.7 Å². The molecule has 0 aliphatic rings. The number of rotatable bonds is 27. The van der Waals surface area contributed by atoms with E-state index in [1.807, 2.05) is 221 Å². The first kappa shape index (κ1) is 72.0. The Morgan fingerprint density at radius 3 is 1.09 bits per heavy atom. The standard InChI is InChI=1S/C26H29N7O2.C25H27N7O2.C24H25N7O2/c1-31(2)15-7-10-22(34)32(3)16-17-33-26-23(25(27)28-18-29-26)24(30-33)19-11-13-21(14-12-19)35-20-8-5-4-6-9-20;1-31(2)15-6-9-21(33)27-14-16-32-25-22(24(26)28-17-29-25)23(30-32)18-10-12-20(13-11-18)34-19-7-4-3-5-8-19;1-26-13-5-8-20(32)27-14-15-31-24-21(23(25)28-16-29-24)22(30-31)17-9-11-19(12-10-17)33-18-6-3-2-4-7-18/h4-14,18H,15-17H2,1-3H3,(H2,27,28,29);3-13,17H,14-16H2,1-2H3,(H,27,33)(H2,26,28,29);2-12,16,26H,13-15H2,1H3,(H,27,32)(H2,25,28,29)/b10-7+;9-6+;8-5+. The number of amides is 3. The lowest BCUT2D eigenvalue weighted by Crippen LogP contribution is -2.29. The van der Waals surface area contributed by atoms with E-state index in [0.717, 1.165) is 39.7 Å². The molecule has 0 radical (unpaired) electrons. The summed E-state index contributed by atoms with van der Waals surface area (Å²) >= 11 is 0. The van der Waals surface area contributed by atoms with Gasteiger partial charge in [-0.25, -0.2) is 43.9 Å². The number of nitrogens with zero attached hydrogens (tertiary/aromatic N) is 15. The summed E-state index contributed by atoms with van der Waals surface area (Å²) in [5, 5.41) is 24.9. The summed E-state index contributed by atoms with van der Waals surface area (Å²) in [6.45, 7) is 4.64. The number of hydrogen-bond donors (Lipinski definition) is 6. The molecule has 0 saturated carbocycles. The maximum atomic E-state index is 12.4. The highest BCUT2D eigenvalue weighted by molar-refractivity contribution is 6.00. The number of para-hydroxylation sites is 3. The fourth-order valence-electron chi connectivity index (χ4n) is 10.3. The summed E-state index contributed by atoms with van der Waals surface area (Å²) in [6.07, 6.45) is 14.3. The predicted molar refractivity (Wildman–Crippen MR) is 397 cm³/mol. The van der Waals surface area contributed by atoms with Crippen LogP contribution in [0.2, 0.25) is 0 Å². The van der Waals surface area contributed by atoms with Gasteiger partial charge < -0.3 is 62.1 Å². The molecule has 12 rings (SSSR count). The van der Waals surface area contributed by atoms with Crippen molar-refractivity contribution in [3.63, 3.8) is 0 Å². The van der Waals surface area contributed by atoms with Crippen molar-refractivity contribution in [1.29, 1.82) is 0 Å². The molecule has 522 valence electrons. The summed E-state index contributed by atoms with van der Waals surface area (Å²) in [4.78, 5) is 67.5. The van der Waals surface area contributed by atoms with E-state index in [1.165, 1.54) is 31.1 Å². The van der Waals surface area contributed by atoms with Gasteiger partial charge in [0, 0.05) is 81.2 Å². The van der Waals surface area contributed by atoms with Crippen LogP contribution >= 0.6 is 0 Å². The minimum Gasteiger partial charge on any atom is -0.457 e. The molecule has 6 aromatic heterocycles. The molecule has 3 amide bonds. The van der Waals surface area contributed by atoms with Gasteiger partial charge in [0.2, 0.25) is 17.7 Å². The minimum absolute atomic E-state index is 0.0633. The van der Waals surface area contributed by atoms with E-state index in [9.17, 15) is 14.4 Å². The third-order valence-corrected chi connectivity index (χ3v) is 15.3. The van der Waals surface area contributed by atoms with Crippen LogP contribution in [0.5, 0.6) is 34.5 Å². The average molecular weight is 1370 g/mol. The first-order chi connectivity index (χ1) is 49.6. The number of hydrogen-bond acceptors (Lipinski definition) is 21. The molecule has 0 aliphatic heterocycles. The Morgan fingerprint density at radius 1 is 0.422 bits per heavy atom. The molecule has 0 spiro atoms. The Balaban J connectivity index is 0.000000165. The zero-order chi connectivity index (χ0) is 71.7. The number of nitrogens with two attached hydrogens (primary N) is 3. The zero-order valence-corrected chi connectivity index (χ0v) is 57.5. The van der Waals surface area contributed by atoms with Crippen LogP contribution in [0, 0.1) is 0 Å². The number of nitrogens with one attached hydrogen (secondary N) is 3. The Kier molecular flexibility index (Phi) is 25.2. The first-order valence-electron chi connectivity index (χ1n) is 32.7. The fourth-order valence-corrected chi connectivity index (χ4v) is 10.3. The summed E-state index contributed by atoms with van der Waals surface area (Å²) < 4.78 is 22.9. The van der Waals surface area contributed by atoms with E-state index in [4.69, 9.17) is 46.7 Å². The van der Waals surface area contributed by atoms with Crippen LogP contribution in [0.4, 0.5) is 17.5 Å². The highest BCUT2D eigenvalue weighted by Crippen LogP contribution is 2.35. The van der Waals surface area contributed by atoms with Crippen molar-refractivity contribution in [2.24, 2.45) is 0 Å². The monoisotopic (exact) mass is 1370 g/mol. The first-order valence-corrected chi connectivity index (χ1v) is 32.7. The second-order valence-electron chi connectivity index (χ2n) is 23.5. The third-order valence-electron chi connectivity index (χ3n) is 15.3. The molecule has 0 atom stereocenters. The Bertz CT molecular complexity index is 4810. The molecule has 0 aliphatic carbocycles. The Hall–Kier alpha value is -12.7. The number of nitrogen functional groups attached to an aromatic ring is 3. The van der Waals surface area contributed by atoms with Gasteiger partial charge in [0.05, 0.1) is 35.8 Å². The van der Waals surface area contributed by atoms with Gasteiger partial charge in [0.1, 0.15) is 88.0 Å². The largest absolute Gasteiger partial charge is 0.457 e. The zero-order valence-electron chi connectivity index (χ0n) is 57.5. The van der Waals surface area contributed by atoms with Crippen LogP contribution in [0.25, 0.3) is 66.9 Å². The van der Waals surface area contributed by atoms with Crippen LogP contribution in [0.1, 0.15) is 0 Å². The van der Waals surface area contributed by atoms with Gasteiger partial charge in [-0.1, -0.05) is 72.8 Å². The second kappa shape index (κ2) is 35.7. The SMILES string of the molecule is CN(C)C/C=C/C(=O)N(C)CCn1nc(-c2ccc(Oc3ccccc3)cc2)c2c(N)ncnc21.CN(C)C/C=C/C(=O)NCCn1nc(-c2ccc(Oc3ccccc3)cc2)c2c(N)ncnc21.CNC/C=C/C(=O)NCCn1nc(-c2ccc(Oc3ccccc3)cc2)c2c(N)ncnc21. The van der Waals surface area contributed by atoms with Gasteiger partial charge in [-0.3, -0.25) is 14.4 Å². The number of benzene rings is 6. The van der Waals surface area contributed by atoms with Crippen LogP contribution in [0.15, 0.2) is 219 Å². The fraction of sp³-hybridized carbons (Fsp3) is 0.200. The van der Waals surface area contributed by atoms with Gasteiger partial charge >= 0.3 is 0 Å². The lowest BCUT2D eigenvalue weighted by molar-refractivity contribution is -0.125. The van der Waals surface area contributed by atoms with Crippen LogP contribution in [-0.4, -0.2) is 173 Å². The average Bonchev–Trinajstić information content (AvgIpc) is 1.64. The highest BCUT2D eigenvalue weighted by atomic mass is 16.5. The molecule has 12 aromatic rings. The molecule has 0 saturated heterocycles. The number of aromatic nitrogens is 12. The van der Waals surface area contributed by atoms with Crippen LogP contribution in [0.3, 0.4) is 0 Å². The maximum absolute atomic E-state index is 12.4. The number of carbonyl (C=O) groups excluding carboxylic acids is 3. The molecule has 0 unspecified atom stereocenters. The number of ether oxygens (including phenoxy) is 3. The van der Waals surface area contributed by atoms with Gasteiger partial charge in [-0.15, -0.1) is 0 Å². The summed E-state index contributed by atoms with van der Waals surface area (Å²) in [7, 11) is 11.4. The maximum Gasteiger partial charge on any atom is 0.246 e. The smallest absolute Gasteiger partial charge is 0.246 e. The lowest BCUT2D eigenvalue weighted by Gasteiger charge is -2.15. The van der Waals surface area contributed by atoms with Crippen molar-refractivity contribution < 1.29 is 28.6 Å². The number of likely N-dealkylation sites (N-methyl/N-ethyl adjacent to an activating group) is 4. The van der Waals surface area contributed by atoms with E-state index in [1.54, 1.807) is 38.1 Å². The molecule has 0 bridgehead atoms. The molecular weight excluding hydrogens is 1290 g/mol. The Morgan fingerprint density at radius 2 is 0.745 bits per heavy atom. The van der Waals surface area contributed by atoms with Crippen molar-refractivity contribution in [2.45, 2.75) is 19.6 Å². The normalized spacial score (nSPS) is 11.3. The summed E-state index contributed by atoms with van der Waals surface area (Å²) in [6, 6.07) is 51.6. The lowest BCUT2D eigenvalue weighted by atomic mass is 10.1. The van der Waals surface area contributed by atoms with E-state index >= 15 is 0 Å². The van der Waals surface area contributed by atoms with Crippen molar-refractivity contribution >= 4 is 68.3 Å². The van der Waals surface area contributed by atoms with Crippen molar-refractivity contribution in [2.75, 3.05) is 98.8 Å². The molecule has 27 nitrogen and oxygen atoms in total.